The summed E-state index contributed by atoms with van der Waals surface area (Å²) in [5, 5.41) is 20.0. The topological polar surface area (TPSA) is 89.4 Å². The van der Waals surface area contributed by atoms with Gasteiger partial charge in [0.15, 0.2) is 5.69 Å². The molecule has 0 saturated carbocycles. The number of aromatic nitrogens is 5. The van der Waals surface area contributed by atoms with Crippen molar-refractivity contribution in [2.75, 3.05) is 13.2 Å². The summed E-state index contributed by atoms with van der Waals surface area (Å²) in [4.78, 5) is 12.0. The van der Waals surface area contributed by atoms with E-state index in [0.29, 0.717) is 5.69 Å². The summed E-state index contributed by atoms with van der Waals surface area (Å²) in [6.45, 7) is 0.0983. The van der Waals surface area contributed by atoms with Gasteiger partial charge in [-0.05, 0) is 24.3 Å². The van der Waals surface area contributed by atoms with Crippen LogP contribution in [0.5, 0.6) is 0 Å². The van der Waals surface area contributed by atoms with Crippen molar-refractivity contribution >= 4 is 11.4 Å². The molecule has 0 fully saturated rings. The molecule has 0 atom stereocenters. The lowest BCUT2D eigenvalue weighted by atomic mass is 10.1. The van der Waals surface area contributed by atoms with E-state index in [1.165, 1.54) is 0 Å². The quantitative estimate of drug-likeness (QED) is 0.567. The van der Waals surface area contributed by atoms with Crippen molar-refractivity contribution in [1.29, 1.82) is 0 Å². The smallest absolute Gasteiger partial charge is 0.271 e. The molecule has 0 aliphatic rings. The molecule has 132 valence electrons. The first-order chi connectivity index (χ1) is 12.7. The Kier molecular flexibility index (Phi) is 4.02. The van der Waals surface area contributed by atoms with Gasteiger partial charge in [-0.3, -0.25) is 9.48 Å². The predicted molar refractivity (Wildman–Crippen MR) is 96.1 cm³/mol. The number of nitrogens with zero attached hydrogens (tertiary/aromatic N) is 5. The number of carbonyl (C=O) groups excluding carboxylic acids is 1. The molecular weight excluding hydrogens is 332 g/mol. The van der Waals surface area contributed by atoms with Crippen LogP contribution >= 0.6 is 0 Å². The summed E-state index contributed by atoms with van der Waals surface area (Å²) in [6, 6.07) is 9.68. The van der Waals surface area contributed by atoms with Crippen LogP contribution in [0.15, 0.2) is 55.1 Å². The number of hydrogen-bond donors (Lipinski definition) is 2. The second kappa shape index (κ2) is 6.49. The third-order valence-corrected chi connectivity index (χ3v) is 4.12. The van der Waals surface area contributed by atoms with Gasteiger partial charge in [0, 0.05) is 48.8 Å². The molecule has 8 nitrogen and oxygen atoms in total. The van der Waals surface area contributed by atoms with Crippen LogP contribution in [-0.2, 0) is 7.05 Å². The van der Waals surface area contributed by atoms with Gasteiger partial charge in [0.2, 0.25) is 0 Å². The van der Waals surface area contributed by atoms with Gasteiger partial charge < -0.3 is 14.8 Å². The maximum absolute atomic E-state index is 12.0. The molecule has 8 heteroatoms. The zero-order valence-corrected chi connectivity index (χ0v) is 14.2. The maximum atomic E-state index is 12.0. The monoisotopic (exact) mass is 350 g/mol. The summed E-state index contributed by atoms with van der Waals surface area (Å²) < 4.78 is 5.44. The number of amides is 1. The number of fused-ring (bicyclic) bond motifs is 1. The standard InChI is InChI=1S/C18H18N6O2/c1-22-11-14(10-20-22)13-2-3-15-4-5-17(23(15)12-13)24-8-6-16(21-24)18(26)19-7-9-25/h2-6,8,10-12,25H,7,9H2,1H3,(H,19,26). The number of aryl methyl sites for hydroxylation is 1. The molecule has 4 aromatic heterocycles. The lowest BCUT2D eigenvalue weighted by molar-refractivity contribution is 0.0939. The SMILES string of the molecule is Cn1cc(-c2ccc3ccc(-n4ccc(C(=O)NCCO)n4)n3c2)cn1. The minimum absolute atomic E-state index is 0.104. The van der Waals surface area contributed by atoms with E-state index in [1.54, 1.807) is 21.6 Å². The van der Waals surface area contributed by atoms with E-state index in [1.807, 2.05) is 54.3 Å². The largest absolute Gasteiger partial charge is 0.395 e. The van der Waals surface area contributed by atoms with E-state index in [9.17, 15) is 4.79 Å². The summed E-state index contributed by atoms with van der Waals surface area (Å²) >= 11 is 0. The first-order valence-electron chi connectivity index (χ1n) is 8.21. The molecular formula is C18H18N6O2. The summed E-state index contributed by atoms with van der Waals surface area (Å²) in [6.07, 6.45) is 7.55. The van der Waals surface area contributed by atoms with Gasteiger partial charge >= 0.3 is 0 Å². The highest BCUT2D eigenvalue weighted by molar-refractivity contribution is 5.92. The zero-order valence-electron chi connectivity index (χ0n) is 14.2. The molecule has 4 heterocycles. The van der Waals surface area contributed by atoms with Crippen molar-refractivity contribution in [3.63, 3.8) is 0 Å². The maximum Gasteiger partial charge on any atom is 0.271 e. The van der Waals surface area contributed by atoms with Gasteiger partial charge in [-0.25, -0.2) is 4.68 Å². The fraction of sp³-hybridized carbons (Fsp3) is 0.167. The fourth-order valence-corrected chi connectivity index (χ4v) is 2.85. The Balaban J connectivity index is 1.71. The van der Waals surface area contributed by atoms with E-state index < -0.39 is 0 Å². The first-order valence-corrected chi connectivity index (χ1v) is 8.21. The van der Waals surface area contributed by atoms with Gasteiger partial charge in [0.1, 0.15) is 5.82 Å². The van der Waals surface area contributed by atoms with Crippen molar-refractivity contribution in [1.82, 2.24) is 29.3 Å². The van der Waals surface area contributed by atoms with Crippen molar-refractivity contribution in [3.05, 3.63) is 60.8 Å². The van der Waals surface area contributed by atoms with Crippen molar-refractivity contribution < 1.29 is 9.90 Å². The Morgan fingerprint density at radius 2 is 2.00 bits per heavy atom. The highest BCUT2D eigenvalue weighted by Crippen LogP contribution is 2.22. The van der Waals surface area contributed by atoms with Crippen LogP contribution in [0.25, 0.3) is 22.5 Å². The van der Waals surface area contributed by atoms with Crippen LogP contribution in [0, 0.1) is 0 Å². The average Bonchev–Trinajstić information content (AvgIpc) is 3.37. The Morgan fingerprint density at radius 3 is 2.77 bits per heavy atom. The van der Waals surface area contributed by atoms with E-state index in [2.05, 4.69) is 15.5 Å². The van der Waals surface area contributed by atoms with Gasteiger partial charge in [-0.15, -0.1) is 0 Å². The molecule has 0 spiro atoms. The van der Waals surface area contributed by atoms with Crippen LogP contribution in [0.4, 0.5) is 0 Å². The van der Waals surface area contributed by atoms with Crippen molar-refractivity contribution in [2.45, 2.75) is 0 Å². The Morgan fingerprint density at radius 1 is 1.15 bits per heavy atom. The molecule has 1 amide bonds. The number of aliphatic hydroxyl groups excluding tert-OH is 1. The normalized spacial score (nSPS) is 11.2. The lowest BCUT2D eigenvalue weighted by Gasteiger charge is -2.05. The van der Waals surface area contributed by atoms with E-state index >= 15 is 0 Å². The van der Waals surface area contributed by atoms with Gasteiger partial charge in [-0.1, -0.05) is 6.07 Å². The second-order valence-electron chi connectivity index (χ2n) is 5.93. The van der Waals surface area contributed by atoms with Crippen LogP contribution in [0.1, 0.15) is 10.5 Å². The molecule has 0 saturated heterocycles. The summed E-state index contributed by atoms with van der Waals surface area (Å²) in [5.41, 5.74) is 3.39. The Bertz CT molecular complexity index is 1070. The molecule has 0 radical (unpaired) electrons. The molecule has 4 aromatic rings. The second-order valence-corrected chi connectivity index (χ2v) is 5.93. The number of aliphatic hydroxyl groups is 1. The third kappa shape index (κ3) is 2.86. The number of rotatable bonds is 5. The minimum atomic E-state index is -0.310. The highest BCUT2D eigenvalue weighted by Gasteiger charge is 2.12. The summed E-state index contributed by atoms with van der Waals surface area (Å²) in [5.74, 6) is 0.515. The molecule has 0 aliphatic heterocycles. The van der Waals surface area contributed by atoms with Crippen LogP contribution in [0.2, 0.25) is 0 Å². The molecule has 0 aliphatic carbocycles. The molecule has 4 rings (SSSR count). The third-order valence-electron chi connectivity index (χ3n) is 4.12. The Labute approximate surface area is 149 Å². The van der Waals surface area contributed by atoms with Crippen molar-refractivity contribution in [3.8, 4) is 16.9 Å². The van der Waals surface area contributed by atoms with Gasteiger partial charge in [0.25, 0.3) is 5.91 Å². The van der Waals surface area contributed by atoms with Gasteiger partial charge in [-0.2, -0.15) is 10.2 Å². The lowest BCUT2D eigenvalue weighted by Crippen LogP contribution is -2.26. The Hall–Kier alpha value is -3.39. The number of nitrogens with one attached hydrogen (secondary N) is 1. The summed E-state index contributed by atoms with van der Waals surface area (Å²) in [7, 11) is 1.89. The molecule has 0 aromatic carbocycles. The predicted octanol–water partition coefficient (Wildman–Crippen LogP) is 1.25. The molecule has 0 bridgehead atoms. The molecule has 0 unspecified atom stereocenters. The van der Waals surface area contributed by atoms with Crippen molar-refractivity contribution in [2.24, 2.45) is 7.05 Å². The zero-order chi connectivity index (χ0) is 18.1. The highest BCUT2D eigenvalue weighted by atomic mass is 16.3. The van der Waals surface area contributed by atoms with E-state index in [-0.39, 0.29) is 19.1 Å². The van der Waals surface area contributed by atoms with Crippen LogP contribution < -0.4 is 5.32 Å². The number of carbonyl (C=O) groups is 1. The van der Waals surface area contributed by atoms with Crippen LogP contribution in [-0.4, -0.2) is 48.1 Å². The first kappa shape index (κ1) is 16.1. The molecule has 26 heavy (non-hydrogen) atoms. The van der Waals surface area contributed by atoms with Gasteiger partial charge in [0.05, 0.1) is 12.8 Å². The van der Waals surface area contributed by atoms with Crippen LogP contribution in [0.3, 0.4) is 0 Å². The molecule has 2 N–H and O–H groups in total. The number of pyridine rings is 1. The van der Waals surface area contributed by atoms with E-state index in [0.717, 1.165) is 22.5 Å². The number of hydrogen-bond acceptors (Lipinski definition) is 4. The fourth-order valence-electron chi connectivity index (χ4n) is 2.85. The minimum Gasteiger partial charge on any atom is -0.395 e. The van der Waals surface area contributed by atoms with E-state index in [4.69, 9.17) is 5.11 Å². The average molecular weight is 350 g/mol.